The number of ether oxygens (including phenoxy) is 1. The first-order chi connectivity index (χ1) is 9.50. The fraction of sp³-hybridized carbons (Fsp3) is 0.867. The van der Waals surface area contributed by atoms with Crippen molar-refractivity contribution in [3.8, 4) is 0 Å². The Morgan fingerprint density at radius 2 is 1.85 bits per heavy atom. The molecule has 0 amide bonds. The number of aliphatic carboxylic acids is 1. The van der Waals surface area contributed by atoms with Crippen LogP contribution in [0.25, 0.3) is 0 Å². The molecule has 1 saturated heterocycles. The summed E-state index contributed by atoms with van der Waals surface area (Å²) in [6.45, 7) is 5.06. The van der Waals surface area contributed by atoms with Crippen molar-refractivity contribution in [3.05, 3.63) is 0 Å². The number of carbonyl (C=O) groups excluding carboxylic acids is 1. The second kappa shape index (κ2) is 6.68. The topological polar surface area (TPSA) is 66.8 Å². The van der Waals surface area contributed by atoms with Crippen molar-refractivity contribution in [2.24, 2.45) is 11.3 Å². The van der Waals surface area contributed by atoms with Crippen LogP contribution in [0.15, 0.2) is 0 Å². The highest BCUT2D eigenvalue weighted by molar-refractivity contribution is 5.99. The number of morpholine rings is 1. The molecule has 0 spiro atoms. The van der Waals surface area contributed by atoms with Crippen molar-refractivity contribution in [2.75, 3.05) is 32.8 Å². The number of Topliss-reactive ketones (excluding diaryl/α,β-unsaturated/α-hetero) is 1. The summed E-state index contributed by atoms with van der Waals surface area (Å²) in [7, 11) is 0. The number of nitrogens with zero attached hydrogens (tertiary/aromatic N) is 1. The van der Waals surface area contributed by atoms with E-state index in [-0.39, 0.29) is 17.7 Å². The van der Waals surface area contributed by atoms with Crippen molar-refractivity contribution in [1.29, 1.82) is 0 Å². The summed E-state index contributed by atoms with van der Waals surface area (Å²) in [6.07, 6.45) is 4.88. The molecule has 0 aromatic heterocycles. The van der Waals surface area contributed by atoms with Gasteiger partial charge >= 0.3 is 5.97 Å². The number of carboxylic acids is 1. The molecule has 20 heavy (non-hydrogen) atoms. The van der Waals surface area contributed by atoms with Gasteiger partial charge < -0.3 is 9.84 Å². The molecule has 1 saturated carbocycles. The number of carboxylic acid groups (broad SMARTS) is 1. The van der Waals surface area contributed by atoms with E-state index in [1.165, 1.54) is 0 Å². The largest absolute Gasteiger partial charge is 0.481 e. The van der Waals surface area contributed by atoms with Crippen LogP contribution in [0.3, 0.4) is 0 Å². The van der Waals surface area contributed by atoms with Crippen LogP contribution >= 0.6 is 0 Å². The first-order valence-corrected chi connectivity index (χ1v) is 7.56. The van der Waals surface area contributed by atoms with Crippen molar-refractivity contribution in [3.63, 3.8) is 0 Å². The van der Waals surface area contributed by atoms with E-state index < -0.39 is 11.9 Å². The Balaban J connectivity index is 1.93. The lowest BCUT2D eigenvalue weighted by Gasteiger charge is -2.29. The van der Waals surface area contributed by atoms with E-state index in [1.807, 2.05) is 4.90 Å². The molecule has 114 valence electrons. The summed E-state index contributed by atoms with van der Waals surface area (Å²) in [5.41, 5.74) is 0.0315. The van der Waals surface area contributed by atoms with Crippen LogP contribution in [0.1, 0.15) is 39.0 Å². The summed E-state index contributed by atoms with van der Waals surface area (Å²) in [5.74, 6) is -1.95. The van der Waals surface area contributed by atoms with Crippen molar-refractivity contribution in [1.82, 2.24) is 4.90 Å². The van der Waals surface area contributed by atoms with Crippen LogP contribution in [0, 0.1) is 11.3 Å². The minimum absolute atomic E-state index is 0.0315. The molecule has 1 unspecified atom stereocenters. The zero-order chi connectivity index (χ0) is 14.6. The number of carbonyl (C=O) groups is 2. The van der Waals surface area contributed by atoms with Gasteiger partial charge in [0, 0.05) is 13.1 Å². The average molecular weight is 283 g/mol. The minimum Gasteiger partial charge on any atom is -0.481 e. The lowest BCUT2D eigenvalue weighted by Crippen LogP contribution is -2.43. The zero-order valence-corrected chi connectivity index (χ0v) is 12.3. The van der Waals surface area contributed by atoms with Gasteiger partial charge in [0.2, 0.25) is 0 Å². The number of rotatable bonds is 6. The molecule has 0 bridgehead atoms. The molecule has 0 radical (unpaired) electrons. The lowest BCUT2D eigenvalue weighted by molar-refractivity contribution is -0.148. The highest BCUT2D eigenvalue weighted by Crippen LogP contribution is 2.42. The highest BCUT2D eigenvalue weighted by atomic mass is 16.5. The Labute approximate surface area is 120 Å². The number of ketones is 1. The van der Waals surface area contributed by atoms with Gasteiger partial charge in [-0.25, -0.2) is 0 Å². The van der Waals surface area contributed by atoms with Crippen LogP contribution < -0.4 is 0 Å². The molecule has 2 rings (SSSR count). The Bertz CT molecular complexity index is 357. The molecule has 1 heterocycles. The van der Waals surface area contributed by atoms with Gasteiger partial charge in [0.15, 0.2) is 5.78 Å². The molecule has 0 aromatic carbocycles. The van der Waals surface area contributed by atoms with Crippen LogP contribution in [0.2, 0.25) is 0 Å². The van der Waals surface area contributed by atoms with Crippen LogP contribution in [0.4, 0.5) is 0 Å². The first-order valence-electron chi connectivity index (χ1n) is 7.56. The van der Waals surface area contributed by atoms with Crippen LogP contribution in [0.5, 0.6) is 0 Å². The summed E-state index contributed by atoms with van der Waals surface area (Å²) < 4.78 is 5.24. The molecule has 5 nitrogen and oxygen atoms in total. The molecule has 2 aliphatic rings. The molecule has 1 aliphatic carbocycles. The maximum atomic E-state index is 12.3. The summed E-state index contributed by atoms with van der Waals surface area (Å²) in [4.78, 5) is 25.8. The normalized spacial score (nSPS) is 24.4. The van der Waals surface area contributed by atoms with Crippen molar-refractivity contribution >= 4 is 11.8 Å². The van der Waals surface area contributed by atoms with E-state index in [0.717, 1.165) is 38.8 Å². The van der Waals surface area contributed by atoms with E-state index in [0.29, 0.717) is 19.6 Å². The Morgan fingerprint density at radius 1 is 1.25 bits per heavy atom. The smallest absolute Gasteiger partial charge is 0.314 e. The minimum atomic E-state index is -0.962. The first kappa shape index (κ1) is 15.4. The highest BCUT2D eigenvalue weighted by Gasteiger charge is 2.37. The van der Waals surface area contributed by atoms with E-state index in [4.69, 9.17) is 4.74 Å². The van der Waals surface area contributed by atoms with Crippen molar-refractivity contribution < 1.29 is 19.4 Å². The van der Waals surface area contributed by atoms with Crippen LogP contribution in [-0.4, -0.2) is 54.6 Å². The molecule has 1 atom stereocenters. The van der Waals surface area contributed by atoms with Crippen molar-refractivity contribution in [2.45, 2.75) is 39.0 Å². The quantitative estimate of drug-likeness (QED) is 0.749. The van der Waals surface area contributed by atoms with Gasteiger partial charge in [-0.3, -0.25) is 14.5 Å². The summed E-state index contributed by atoms with van der Waals surface area (Å²) in [5, 5.41) is 9.38. The molecular weight excluding hydrogens is 258 g/mol. The monoisotopic (exact) mass is 283 g/mol. The fourth-order valence-corrected chi connectivity index (χ4v) is 3.35. The average Bonchev–Trinajstić information content (AvgIpc) is 2.84. The number of hydrogen-bond donors (Lipinski definition) is 1. The molecule has 1 aliphatic heterocycles. The van der Waals surface area contributed by atoms with Crippen LogP contribution in [-0.2, 0) is 14.3 Å². The van der Waals surface area contributed by atoms with Gasteiger partial charge in [-0.2, -0.15) is 0 Å². The summed E-state index contributed by atoms with van der Waals surface area (Å²) in [6, 6.07) is 0. The predicted molar refractivity (Wildman–Crippen MR) is 74.6 cm³/mol. The van der Waals surface area contributed by atoms with Gasteiger partial charge in [-0.15, -0.1) is 0 Å². The van der Waals surface area contributed by atoms with E-state index in [9.17, 15) is 14.7 Å². The summed E-state index contributed by atoms with van der Waals surface area (Å²) >= 11 is 0. The van der Waals surface area contributed by atoms with Gasteiger partial charge in [-0.05, 0) is 24.7 Å². The fourth-order valence-electron chi connectivity index (χ4n) is 3.35. The predicted octanol–water partition coefficient (Wildman–Crippen LogP) is 1.56. The SMILES string of the molecule is CC1(CC(C(=O)O)C(=O)CN2CCOCC2)CCCC1. The molecule has 0 aromatic rings. The van der Waals surface area contributed by atoms with Gasteiger partial charge in [0.25, 0.3) is 0 Å². The van der Waals surface area contributed by atoms with Gasteiger partial charge in [-0.1, -0.05) is 19.8 Å². The molecular formula is C15H25NO4. The number of hydrogen-bond acceptors (Lipinski definition) is 4. The Kier molecular flexibility index (Phi) is 5.16. The van der Waals surface area contributed by atoms with E-state index >= 15 is 0 Å². The third-order valence-electron chi connectivity index (χ3n) is 4.68. The Hall–Kier alpha value is -0.940. The molecule has 2 fully saturated rings. The maximum Gasteiger partial charge on any atom is 0.314 e. The van der Waals surface area contributed by atoms with Gasteiger partial charge in [0.05, 0.1) is 19.8 Å². The second-order valence-electron chi connectivity index (χ2n) is 6.47. The van der Waals surface area contributed by atoms with E-state index in [2.05, 4.69) is 6.92 Å². The second-order valence-corrected chi connectivity index (χ2v) is 6.47. The lowest BCUT2D eigenvalue weighted by atomic mass is 9.78. The molecule has 5 heteroatoms. The van der Waals surface area contributed by atoms with Gasteiger partial charge in [0.1, 0.15) is 5.92 Å². The molecule has 1 N–H and O–H groups in total. The maximum absolute atomic E-state index is 12.3. The third-order valence-corrected chi connectivity index (χ3v) is 4.68. The standard InChI is InChI=1S/C15H25NO4/c1-15(4-2-3-5-15)10-12(14(18)19)13(17)11-16-6-8-20-9-7-16/h12H,2-11H2,1H3,(H,18,19). The third kappa shape index (κ3) is 4.03. The zero-order valence-electron chi connectivity index (χ0n) is 12.3. The van der Waals surface area contributed by atoms with E-state index in [1.54, 1.807) is 0 Å². The Morgan fingerprint density at radius 3 is 2.40 bits per heavy atom.